The van der Waals surface area contributed by atoms with Crippen LogP contribution in [0.25, 0.3) is 0 Å². The van der Waals surface area contributed by atoms with Gasteiger partial charge in [0.15, 0.2) is 0 Å². The molecule has 3 nitrogen and oxygen atoms in total. The van der Waals surface area contributed by atoms with Crippen molar-refractivity contribution in [3.63, 3.8) is 0 Å². The molecule has 0 unspecified atom stereocenters. The number of benzene rings is 1. The molecule has 0 amide bonds. The van der Waals surface area contributed by atoms with Gasteiger partial charge in [0.2, 0.25) is 10.0 Å². The highest BCUT2D eigenvalue weighted by molar-refractivity contribution is 7.89. The number of rotatable bonds is 2. The standard InChI is InChI=1S/C13H18FNO2S/c14-12-8-4-5-9-13(12)18(16,17)15-10-6-2-1-3-7-11-15/h4-5,8-9H,1-3,6-7,10-11H2. The lowest BCUT2D eigenvalue weighted by molar-refractivity contribution is 0.362. The summed E-state index contributed by atoms with van der Waals surface area (Å²) in [6.07, 6.45) is 4.96. The van der Waals surface area contributed by atoms with Crippen LogP contribution in [0.15, 0.2) is 29.2 Å². The van der Waals surface area contributed by atoms with Crippen LogP contribution in [-0.2, 0) is 10.0 Å². The zero-order valence-corrected chi connectivity index (χ0v) is 11.1. The van der Waals surface area contributed by atoms with Gasteiger partial charge in [0.25, 0.3) is 0 Å². The van der Waals surface area contributed by atoms with Crippen LogP contribution in [0.5, 0.6) is 0 Å². The maximum atomic E-state index is 13.6. The Morgan fingerprint density at radius 3 is 2.11 bits per heavy atom. The average Bonchev–Trinajstić information content (AvgIpc) is 2.28. The molecule has 1 aliphatic rings. The first-order valence-electron chi connectivity index (χ1n) is 6.37. The van der Waals surface area contributed by atoms with E-state index in [2.05, 4.69) is 0 Å². The van der Waals surface area contributed by atoms with Crippen molar-refractivity contribution in [1.82, 2.24) is 4.31 Å². The van der Waals surface area contributed by atoms with Crippen molar-refractivity contribution in [3.05, 3.63) is 30.1 Å². The van der Waals surface area contributed by atoms with Gasteiger partial charge in [-0.25, -0.2) is 12.8 Å². The molecule has 1 heterocycles. The Bertz CT molecular complexity index is 493. The van der Waals surface area contributed by atoms with Gasteiger partial charge in [0.1, 0.15) is 10.7 Å². The van der Waals surface area contributed by atoms with Gasteiger partial charge in [0, 0.05) is 13.1 Å². The van der Waals surface area contributed by atoms with Crippen molar-refractivity contribution in [1.29, 1.82) is 0 Å². The molecule has 100 valence electrons. The molecule has 5 heteroatoms. The largest absolute Gasteiger partial charge is 0.245 e. The SMILES string of the molecule is O=S(=O)(c1ccccc1F)N1CCCCCCC1. The summed E-state index contributed by atoms with van der Waals surface area (Å²) in [5.74, 6) is -0.667. The molecule has 1 fully saturated rings. The molecular weight excluding hydrogens is 253 g/mol. The van der Waals surface area contributed by atoms with E-state index in [0.717, 1.165) is 32.1 Å². The Kier molecular flexibility index (Phi) is 4.35. The molecule has 2 rings (SSSR count). The summed E-state index contributed by atoms with van der Waals surface area (Å²) in [7, 11) is -3.67. The van der Waals surface area contributed by atoms with Crippen LogP contribution < -0.4 is 0 Å². The van der Waals surface area contributed by atoms with Crippen LogP contribution in [0.3, 0.4) is 0 Å². The van der Waals surface area contributed by atoms with Crippen LogP contribution in [0.1, 0.15) is 32.1 Å². The van der Waals surface area contributed by atoms with E-state index in [9.17, 15) is 12.8 Å². The fraction of sp³-hybridized carbons (Fsp3) is 0.538. The van der Waals surface area contributed by atoms with E-state index in [-0.39, 0.29) is 4.90 Å². The minimum atomic E-state index is -3.67. The molecule has 0 saturated carbocycles. The molecule has 1 aromatic carbocycles. The smallest absolute Gasteiger partial charge is 0.207 e. The van der Waals surface area contributed by atoms with Crippen molar-refractivity contribution in [2.24, 2.45) is 0 Å². The van der Waals surface area contributed by atoms with Crippen molar-refractivity contribution in [2.75, 3.05) is 13.1 Å². The first-order valence-corrected chi connectivity index (χ1v) is 7.81. The van der Waals surface area contributed by atoms with Gasteiger partial charge in [-0.3, -0.25) is 0 Å². The lowest BCUT2D eigenvalue weighted by Gasteiger charge is -2.24. The van der Waals surface area contributed by atoms with E-state index in [0.29, 0.717) is 13.1 Å². The van der Waals surface area contributed by atoms with E-state index in [1.807, 2.05) is 0 Å². The van der Waals surface area contributed by atoms with Crippen LogP contribution in [0.4, 0.5) is 4.39 Å². The first kappa shape index (κ1) is 13.5. The lowest BCUT2D eigenvalue weighted by atomic mass is 10.1. The molecular formula is C13H18FNO2S. The highest BCUT2D eigenvalue weighted by Gasteiger charge is 2.26. The fourth-order valence-electron chi connectivity index (χ4n) is 2.25. The summed E-state index contributed by atoms with van der Waals surface area (Å²) < 4.78 is 39.8. The van der Waals surface area contributed by atoms with Crippen molar-refractivity contribution < 1.29 is 12.8 Å². The summed E-state index contributed by atoms with van der Waals surface area (Å²) in [5, 5.41) is 0. The molecule has 0 radical (unpaired) electrons. The van der Waals surface area contributed by atoms with Gasteiger partial charge in [-0.15, -0.1) is 0 Å². The number of hydrogen-bond acceptors (Lipinski definition) is 2. The van der Waals surface area contributed by atoms with E-state index in [4.69, 9.17) is 0 Å². The number of sulfonamides is 1. The van der Waals surface area contributed by atoms with E-state index < -0.39 is 15.8 Å². The number of hydrogen-bond donors (Lipinski definition) is 0. The second kappa shape index (κ2) is 5.80. The molecule has 0 bridgehead atoms. The average molecular weight is 271 g/mol. The predicted octanol–water partition coefficient (Wildman–Crippen LogP) is 2.78. The lowest BCUT2D eigenvalue weighted by Crippen LogP contribution is -2.34. The Balaban J connectivity index is 2.26. The normalized spacial score (nSPS) is 19.2. The Morgan fingerprint density at radius 1 is 0.944 bits per heavy atom. The maximum Gasteiger partial charge on any atom is 0.245 e. The Hall–Kier alpha value is -0.940. The van der Waals surface area contributed by atoms with E-state index in [1.54, 1.807) is 6.07 Å². The van der Waals surface area contributed by atoms with Crippen LogP contribution >= 0.6 is 0 Å². The highest BCUT2D eigenvalue weighted by atomic mass is 32.2. The van der Waals surface area contributed by atoms with Crippen molar-refractivity contribution in [3.8, 4) is 0 Å². The van der Waals surface area contributed by atoms with E-state index >= 15 is 0 Å². The van der Waals surface area contributed by atoms with Crippen molar-refractivity contribution in [2.45, 2.75) is 37.0 Å². The summed E-state index contributed by atoms with van der Waals surface area (Å²) in [6.45, 7) is 0.993. The highest BCUT2D eigenvalue weighted by Crippen LogP contribution is 2.21. The van der Waals surface area contributed by atoms with Crippen LogP contribution in [0, 0.1) is 5.82 Å². The molecule has 0 aliphatic carbocycles. The van der Waals surface area contributed by atoms with Gasteiger partial charge in [0.05, 0.1) is 0 Å². The van der Waals surface area contributed by atoms with Crippen LogP contribution in [-0.4, -0.2) is 25.8 Å². The molecule has 1 aliphatic heterocycles. The summed E-state index contributed by atoms with van der Waals surface area (Å²) in [4.78, 5) is -0.203. The minimum Gasteiger partial charge on any atom is -0.207 e. The Morgan fingerprint density at radius 2 is 1.50 bits per heavy atom. The molecule has 0 N–H and O–H groups in total. The summed E-state index contributed by atoms with van der Waals surface area (Å²) in [5.41, 5.74) is 0. The summed E-state index contributed by atoms with van der Waals surface area (Å²) >= 11 is 0. The van der Waals surface area contributed by atoms with Crippen LogP contribution in [0.2, 0.25) is 0 Å². The second-order valence-electron chi connectivity index (χ2n) is 4.60. The second-order valence-corrected chi connectivity index (χ2v) is 6.51. The molecule has 1 aromatic rings. The van der Waals surface area contributed by atoms with Gasteiger partial charge < -0.3 is 0 Å². The predicted molar refractivity (Wildman–Crippen MR) is 68.2 cm³/mol. The van der Waals surface area contributed by atoms with Gasteiger partial charge >= 0.3 is 0 Å². The van der Waals surface area contributed by atoms with Gasteiger partial charge in [-0.2, -0.15) is 4.31 Å². The Labute approximate surface area is 108 Å². The van der Waals surface area contributed by atoms with Gasteiger partial charge in [-0.05, 0) is 25.0 Å². The molecule has 0 aromatic heterocycles. The quantitative estimate of drug-likeness (QED) is 0.829. The molecule has 0 atom stereocenters. The third-order valence-corrected chi connectivity index (χ3v) is 5.20. The summed E-state index contributed by atoms with van der Waals surface area (Å²) in [6, 6.07) is 5.59. The number of nitrogens with zero attached hydrogens (tertiary/aromatic N) is 1. The molecule has 18 heavy (non-hydrogen) atoms. The third kappa shape index (κ3) is 2.90. The number of halogens is 1. The van der Waals surface area contributed by atoms with Crippen molar-refractivity contribution >= 4 is 10.0 Å². The maximum absolute atomic E-state index is 13.6. The topological polar surface area (TPSA) is 37.4 Å². The van der Waals surface area contributed by atoms with Gasteiger partial charge in [-0.1, -0.05) is 31.4 Å². The zero-order valence-electron chi connectivity index (χ0n) is 10.3. The third-order valence-electron chi connectivity index (χ3n) is 3.27. The monoisotopic (exact) mass is 271 g/mol. The molecule has 1 saturated heterocycles. The fourth-order valence-corrected chi connectivity index (χ4v) is 3.83. The minimum absolute atomic E-state index is 0.203. The van der Waals surface area contributed by atoms with E-state index in [1.165, 1.54) is 22.5 Å². The molecule has 0 spiro atoms. The first-order chi connectivity index (χ1) is 8.62. The zero-order chi connectivity index (χ0) is 13.0.